The van der Waals surface area contributed by atoms with E-state index in [1.807, 2.05) is 36.4 Å². The van der Waals surface area contributed by atoms with E-state index in [4.69, 9.17) is 9.47 Å². The Bertz CT molecular complexity index is 1110. The lowest BCUT2D eigenvalue weighted by Crippen LogP contribution is -2.41. The van der Waals surface area contributed by atoms with Crippen LogP contribution in [0.1, 0.15) is 29.8 Å². The molecule has 1 atom stereocenters. The SMILES string of the molecule is CC#CCOC(=O)N1CCc2c([nH]c3cccc(Br)c23)C1c1ccc(OC)cc1. The zero-order valence-electron chi connectivity index (χ0n) is 16.3. The first-order valence-electron chi connectivity index (χ1n) is 9.40. The number of methoxy groups -OCH3 is 1. The van der Waals surface area contributed by atoms with E-state index in [-0.39, 0.29) is 18.7 Å². The van der Waals surface area contributed by atoms with Crippen LogP contribution in [0.25, 0.3) is 10.9 Å². The van der Waals surface area contributed by atoms with Crippen LogP contribution >= 0.6 is 15.9 Å². The van der Waals surface area contributed by atoms with Crippen molar-refractivity contribution >= 4 is 32.9 Å². The number of ether oxygens (including phenoxy) is 2. The maximum absolute atomic E-state index is 12.9. The second kappa shape index (κ2) is 8.22. The molecule has 1 aliphatic rings. The molecule has 2 heterocycles. The van der Waals surface area contributed by atoms with Crippen LogP contribution in [0.3, 0.4) is 0 Å². The molecule has 1 aromatic heterocycles. The number of aromatic nitrogens is 1. The van der Waals surface area contributed by atoms with E-state index in [2.05, 4.69) is 38.8 Å². The summed E-state index contributed by atoms with van der Waals surface area (Å²) in [7, 11) is 1.64. The van der Waals surface area contributed by atoms with Crippen LogP contribution in [0.2, 0.25) is 0 Å². The van der Waals surface area contributed by atoms with Crippen molar-refractivity contribution in [1.82, 2.24) is 9.88 Å². The lowest BCUT2D eigenvalue weighted by molar-refractivity contribution is 0.0993. The van der Waals surface area contributed by atoms with Crippen molar-refractivity contribution in [3.05, 3.63) is 63.8 Å². The van der Waals surface area contributed by atoms with Crippen LogP contribution in [0.4, 0.5) is 4.79 Å². The summed E-state index contributed by atoms with van der Waals surface area (Å²) < 4.78 is 11.7. The average molecular weight is 453 g/mol. The van der Waals surface area contributed by atoms with E-state index in [1.165, 1.54) is 10.9 Å². The highest BCUT2D eigenvalue weighted by Gasteiger charge is 2.35. The van der Waals surface area contributed by atoms with Crippen LogP contribution in [0, 0.1) is 11.8 Å². The van der Waals surface area contributed by atoms with Crippen molar-refractivity contribution < 1.29 is 14.3 Å². The summed E-state index contributed by atoms with van der Waals surface area (Å²) in [5.74, 6) is 6.31. The molecule has 5 nitrogen and oxygen atoms in total. The summed E-state index contributed by atoms with van der Waals surface area (Å²) in [5, 5.41) is 1.17. The van der Waals surface area contributed by atoms with Gasteiger partial charge in [-0.15, -0.1) is 5.92 Å². The van der Waals surface area contributed by atoms with Gasteiger partial charge in [-0.1, -0.05) is 40.0 Å². The van der Waals surface area contributed by atoms with E-state index < -0.39 is 0 Å². The maximum atomic E-state index is 12.9. The lowest BCUT2D eigenvalue weighted by Gasteiger charge is -2.35. The number of nitrogens with zero attached hydrogens (tertiary/aromatic N) is 1. The fourth-order valence-electron chi connectivity index (χ4n) is 3.88. The molecule has 0 saturated carbocycles. The predicted molar refractivity (Wildman–Crippen MR) is 116 cm³/mol. The molecule has 1 N–H and O–H groups in total. The molecule has 148 valence electrons. The number of nitrogens with one attached hydrogen (secondary N) is 1. The number of benzene rings is 2. The first-order chi connectivity index (χ1) is 14.1. The van der Waals surface area contributed by atoms with Gasteiger partial charge in [-0.3, -0.25) is 4.90 Å². The third kappa shape index (κ3) is 3.58. The lowest BCUT2D eigenvalue weighted by atomic mass is 9.92. The van der Waals surface area contributed by atoms with Crippen molar-refractivity contribution in [1.29, 1.82) is 0 Å². The average Bonchev–Trinajstić information content (AvgIpc) is 3.13. The molecule has 2 aromatic carbocycles. The van der Waals surface area contributed by atoms with E-state index in [1.54, 1.807) is 18.9 Å². The monoisotopic (exact) mass is 452 g/mol. The second-order valence-electron chi connectivity index (χ2n) is 6.78. The molecule has 1 amide bonds. The van der Waals surface area contributed by atoms with E-state index in [0.717, 1.165) is 33.4 Å². The molecule has 0 spiro atoms. The third-order valence-electron chi connectivity index (χ3n) is 5.21. The van der Waals surface area contributed by atoms with Gasteiger partial charge in [0.05, 0.1) is 7.11 Å². The maximum Gasteiger partial charge on any atom is 0.411 e. The van der Waals surface area contributed by atoms with Crippen molar-refractivity contribution in [3.8, 4) is 17.6 Å². The summed E-state index contributed by atoms with van der Waals surface area (Å²) in [6.07, 6.45) is 0.385. The van der Waals surface area contributed by atoms with Gasteiger partial charge < -0.3 is 14.5 Å². The van der Waals surface area contributed by atoms with Gasteiger partial charge in [-0.05, 0) is 48.7 Å². The molecule has 0 saturated heterocycles. The van der Waals surface area contributed by atoms with Gasteiger partial charge in [0.2, 0.25) is 0 Å². The van der Waals surface area contributed by atoms with Crippen LogP contribution in [-0.4, -0.2) is 36.2 Å². The molecule has 29 heavy (non-hydrogen) atoms. The Morgan fingerprint density at radius 1 is 1.28 bits per heavy atom. The fourth-order valence-corrected chi connectivity index (χ4v) is 4.49. The van der Waals surface area contributed by atoms with Gasteiger partial charge in [0.15, 0.2) is 6.61 Å². The Balaban J connectivity index is 1.81. The summed E-state index contributed by atoms with van der Waals surface area (Å²) in [6, 6.07) is 13.6. The Labute approximate surface area is 178 Å². The molecule has 0 radical (unpaired) electrons. The first-order valence-corrected chi connectivity index (χ1v) is 10.2. The minimum Gasteiger partial charge on any atom is -0.497 e. The molecule has 0 aliphatic carbocycles. The van der Waals surface area contributed by atoms with Gasteiger partial charge >= 0.3 is 6.09 Å². The molecule has 4 rings (SSSR count). The van der Waals surface area contributed by atoms with Crippen LogP contribution < -0.4 is 4.74 Å². The number of hydrogen-bond donors (Lipinski definition) is 1. The third-order valence-corrected chi connectivity index (χ3v) is 5.87. The van der Waals surface area contributed by atoms with Gasteiger partial charge in [-0.25, -0.2) is 4.79 Å². The Kier molecular flexibility index (Phi) is 5.50. The number of rotatable bonds is 3. The Morgan fingerprint density at radius 2 is 2.07 bits per heavy atom. The summed E-state index contributed by atoms with van der Waals surface area (Å²) in [6.45, 7) is 2.38. The number of carbonyl (C=O) groups excluding carboxylic acids is 1. The molecule has 0 fully saturated rings. The number of H-pyrrole nitrogens is 1. The van der Waals surface area contributed by atoms with Crippen molar-refractivity contribution in [3.63, 3.8) is 0 Å². The van der Waals surface area contributed by atoms with Crippen molar-refractivity contribution in [2.75, 3.05) is 20.3 Å². The quantitative estimate of drug-likeness (QED) is 0.565. The molecule has 1 unspecified atom stereocenters. The number of carbonyl (C=O) groups is 1. The standard InChI is InChI=1S/C23H21BrN2O3/c1-3-4-14-29-23(27)26-13-12-17-20-18(24)6-5-7-19(20)25-21(17)22(26)15-8-10-16(28-2)11-9-15/h5-11,22,25H,12-14H2,1-2H3. The summed E-state index contributed by atoms with van der Waals surface area (Å²) in [4.78, 5) is 18.2. The molecule has 1 aliphatic heterocycles. The van der Waals surface area contributed by atoms with Gasteiger partial charge in [0.25, 0.3) is 0 Å². The van der Waals surface area contributed by atoms with E-state index in [0.29, 0.717) is 6.54 Å². The van der Waals surface area contributed by atoms with Gasteiger partial charge in [0, 0.05) is 27.6 Å². The normalized spacial score (nSPS) is 15.4. The first kappa shape index (κ1) is 19.4. The summed E-state index contributed by atoms with van der Waals surface area (Å²) in [5.41, 5.74) is 4.29. The van der Waals surface area contributed by atoms with Gasteiger partial charge in [0.1, 0.15) is 11.8 Å². The molecular weight excluding hydrogens is 432 g/mol. The molecule has 0 bridgehead atoms. The number of amides is 1. The summed E-state index contributed by atoms with van der Waals surface area (Å²) >= 11 is 3.68. The topological polar surface area (TPSA) is 54.6 Å². The minimum absolute atomic E-state index is 0.0896. The highest BCUT2D eigenvalue weighted by atomic mass is 79.9. The second-order valence-corrected chi connectivity index (χ2v) is 7.63. The van der Waals surface area contributed by atoms with Crippen molar-refractivity contribution in [2.45, 2.75) is 19.4 Å². The zero-order valence-corrected chi connectivity index (χ0v) is 17.9. The number of hydrogen-bond acceptors (Lipinski definition) is 3. The predicted octanol–water partition coefficient (Wildman–Crippen LogP) is 5.05. The number of fused-ring (bicyclic) bond motifs is 3. The molecule has 6 heteroatoms. The largest absolute Gasteiger partial charge is 0.497 e. The highest BCUT2D eigenvalue weighted by molar-refractivity contribution is 9.10. The van der Waals surface area contributed by atoms with Crippen LogP contribution in [-0.2, 0) is 11.2 Å². The van der Waals surface area contributed by atoms with Crippen molar-refractivity contribution in [2.24, 2.45) is 0 Å². The van der Waals surface area contributed by atoms with Crippen LogP contribution in [0.5, 0.6) is 5.75 Å². The smallest absolute Gasteiger partial charge is 0.411 e. The fraction of sp³-hybridized carbons (Fsp3) is 0.261. The highest BCUT2D eigenvalue weighted by Crippen LogP contribution is 2.41. The minimum atomic E-state index is -0.364. The van der Waals surface area contributed by atoms with E-state index in [9.17, 15) is 4.79 Å². The van der Waals surface area contributed by atoms with E-state index >= 15 is 0 Å². The number of halogens is 1. The molecule has 3 aromatic rings. The Hall–Kier alpha value is -2.91. The van der Waals surface area contributed by atoms with Gasteiger partial charge in [-0.2, -0.15) is 0 Å². The number of aromatic amines is 1. The molecular formula is C23H21BrN2O3. The Morgan fingerprint density at radius 3 is 2.79 bits per heavy atom. The van der Waals surface area contributed by atoms with Crippen LogP contribution in [0.15, 0.2) is 46.9 Å². The zero-order chi connectivity index (χ0) is 20.4.